The van der Waals surface area contributed by atoms with E-state index in [0.29, 0.717) is 0 Å². The highest BCUT2D eigenvalue weighted by Crippen LogP contribution is 2.26. The highest BCUT2D eigenvalue weighted by molar-refractivity contribution is 7.10. The average molecular weight is 339 g/mol. The number of nitrogens with zero attached hydrogens (tertiary/aromatic N) is 1. The van der Waals surface area contributed by atoms with Crippen molar-refractivity contribution in [3.63, 3.8) is 0 Å². The summed E-state index contributed by atoms with van der Waals surface area (Å²) in [5.41, 5.74) is 2.10. The summed E-state index contributed by atoms with van der Waals surface area (Å²) in [6, 6.07) is 14.6. The summed E-state index contributed by atoms with van der Waals surface area (Å²) in [6.45, 7) is 2.11. The molecule has 6 heteroatoms. The molecular weight excluding hydrogens is 322 g/mol. The van der Waals surface area contributed by atoms with Gasteiger partial charge in [0, 0.05) is 10.9 Å². The van der Waals surface area contributed by atoms with Crippen molar-refractivity contribution in [1.82, 2.24) is 15.5 Å². The van der Waals surface area contributed by atoms with Crippen LogP contribution in [0, 0.1) is 0 Å². The van der Waals surface area contributed by atoms with Crippen LogP contribution >= 0.6 is 11.3 Å². The van der Waals surface area contributed by atoms with Crippen LogP contribution in [0.2, 0.25) is 0 Å². The van der Waals surface area contributed by atoms with E-state index < -0.39 is 0 Å². The number of amides is 1. The number of carbonyl (C=O) groups is 1. The number of aromatic amines is 1. The average Bonchev–Trinajstić information content (AvgIpc) is 3.14. The minimum atomic E-state index is -0.337. The molecule has 0 aliphatic rings. The van der Waals surface area contributed by atoms with Crippen molar-refractivity contribution >= 4 is 17.2 Å². The van der Waals surface area contributed by atoms with E-state index in [2.05, 4.69) is 34.6 Å². The molecule has 2 N–H and O–H groups in total. The SMILES string of the molecule is CCc1ccc([C@@H](NC(=O)c2ccc(=O)[nH]n2)c2cccs2)cc1. The van der Waals surface area contributed by atoms with E-state index in [-0.39, 0.29) is 23.2 Å². The first-order chi connectivity index (χ1) is 11.7. The van der Waals surface area contributed by atoms with Gasteiger partial charge in [-0.3, -0.25) is 9.59 Å². The first-order valence-corrected chi connectivity index (χ1v) is 8.54. The molecule has 1 atom stereocenters. The smallest absolute Gasteiger partial charge is 0.272 e. The number of carbonyl (C=O) groups excluding carboxylic acids is 1. The Kier molecular flexibility index (Phi) is 4.86. The first kappa shape index (κ1) is 16.1. The third-order valence-corrected chi connectivity index (χ3v) is 4.67. The second kappa shape index (κ2) is 7.23. The number of hydrogen-bond acceptors (Lipinski definition) is 4. The predicted molar refractivity (Wildman–Crippen MR) is 94.3 cm³/mol. The van der Waals surface area contributed by atoms with Gasteiger partial charge in [0.2, 0.25) is 0 Å². The highest BCUT2D eigenvalue weighted by atomic mass is 32.1. The Morgan fingerprint density at radius 3 is 2.58 bits per heavy atom. The number of aromatic nitrogens is 2. The maximum atomic E-state index is 12.5. The Morgan fingerprint density at radius 1 is 1.21 bits per heavy atom. The minimum Gasteiger partial charge on any atom is -0.339 e. The van der Waals surface area contributed by atoms with E-state index in [1.165, 1.54) is 17.7 Å². The zero-order chi connectivity index (χ0) is 16.9. The lowest BCUT2D eigenvalue weighted by atomic mass is 10.0. The molecule has 2 heterocycles. The van der Waals surface area contributed by atoms with Crippen molar-refractivity contribution in [3.05, 3.63) is 86.0 Å². The molecule has 0 radical (unpaired) electrons. The zero-order valence-electron chi connectivity index (χ0n) is 13.2. The maximum Gasteiger partial charge on any atom is 0.272 e. The molecule has 0 spiro atoms. The van der Waals surface area contributed by atoms with Gasteiger partial charge in [-0.15, -0.1) is 11.3 Å². The second-order valence-electron chi connectivity index (χ2n) is 5.32. The van der Waals surface area contributed by atoms with Crippen molar-refractivity contribution in [2.75, 3.05) is 0 Å². The molecular formula is C18H17N3O2S. The quantitative estimate of drug-likeness (QED) is 0.750. The molecule has 0 saturated heterocycles. The second-order valence-corrected chi connectivity index (χ2v) is 6.30. The Hall–Kier alpha value is -2.73. The Balaban J connectivity index is 1.89. The topological polar surface area (TPSA) is 74.8 Å². The van der Waals surface area contributed by atoms with Gasteiger partial charge in [0.05, 0.1) is 6.04 Å². The van der Waals surface area contributed by atoms with E-state index in [4.69, 9.17) is 0 Å². The summed E-state index contributed by atoms with van der Waals surface area (Å²) >= 11 is 1.58. The first-order valence-electron chi connectivity index (χ1n) is 7.66. The summed E-state index contributed by atoms with van der Waals surface area (Å²) in [4.78, 5) is 24.6. The van der Waals surface area contributed by atoms with Crippen LogP contribution in [0.3, 0.4) is 0 Å². The van der Waals surface area contributed by atoms with E-state index in [9.17, 15) is 9.59 Å². The van der Waals surface area contributed by atoms with Crippen molar-refractivity contribution in [1.29, 1.82) is 0 Å². The van der Waals surface area contributed by atoms with Crippen LogP contribution in [-0.2, 0) is 6.42 Å². The van der Waals surface area contributed by atoms with Gasteiger partial charge >= 0.3 is 0 Å². The van der Waals surface area contributed by atoms with Crippen LogP contribution < -0.4 is 10.9 Å². The minimum absolute atomic E-state index is 0.182. The molecule has 1 amide bonds. The molecule has 3 rings (SSSR count). The summed E-state index contributed by atoms with van der Waals surface area (Å²) in [5.74, 6) is -0.329. The lowest BCUT2D eigenvalue weighted by molar-refractivity contribution is 0.0937. The van der Waals surface area contributed by atoms with Crippen LogP contribution in [0.15, 0.2) is 58.7 Å². The monoisotopic (exact) mass is 339 g/mol. The van der Waals surface area contributed by atoms with Gasteiger partial charge in [-0.25, -0.2) is 5.10 Å². The Morgan fingerprint density at radius 2 is 2.00 bits per heavy atom. The lowest BCUT2D eigenvalue weighted by Gasteiger charge is -2.18. The van der Waals surface area contributed by atoms with E-state index >= 15 is 0 Å². The van der Waals surface area contributed by atoms with E-state index in [0.717, 1.165) is 16.9 Å². The number of aryl methyl sites for hydroxylation is 1. The van der Waals surface area contributed by atoms with E-state index in [1.54, 1.807) is 11.3 Å². The van der Waals surface area contributed by atoms with Gasteiger partial charge in [0.1, 0.15) is 5.69 Å². The molecule has 0 aliphatic carbocycles. The third kappa shape index (κ3) is 3.60. The van der Waals surface area contributed by atoms with E-state index in [1.807, 2.05) is 29.6 Å². The summed E-state index contributed by atoms with van der Waals surface area (Å²) in [6.07, 6.45) is 0.970. The van der Waals surface area contributed by atoms with Crippen molar-refractivity contribution in [2.45, 2.75) is 19.4 Å². The largest absolute Gasteiger partial charge is 0.339 e. The van der Waals surface area contributed by atoms with Crippen LogP contribution in [0.5, 0.6) is 0 Å². The van der Waals surface area contributed by atoms with Gasteiger partial charge in [0.25, 0.3) is 11.5 Å². The number of nitrogens with one attached hydrogen (secondary N) is 2. The normalized spacial score (nSPS) is 11.9. The molecule has 1 aromatic carbocycles. The van der Waals surface area contributed by atoms with Gasteiger partial charge in [-0.05, 0) is 35.1 Å². The molecule has 122 valence electrons. The van der Waals surface area contributed by atoms with Crippen molar-refractivity contribution < 1.29 is 4.79 Å². The van der Waals surface area contributed by atoms with Crippen LogP contribution in [0.4, 0.5) is 0 Å². The number of rotatable bonds is 5. The predicted octanol–water partition coefficient (Wildman–Crippen LogP) is 2.91. The van der Waals surface area contributed by atoms with Crippen LogP contribution in [0.25, 0.3) is 0 Å². The molecule has 0 aliphatic heterocycles. The fraction of sp³-hybridized carbons (Fsp3) is 0.167. The number of thiophene rings is 1. The van der Waals surface area contributed by atoms with Gasteiger partial charge in [0.15, 0.2) is 0 Å². The Labute approximate surface area is 143 Å². The van der Waals surface area contributed by atoms with Gasteiger partial charge < -0.3 is 5.32 Å². The van der Waals surface area contributed by atoms with Crippen molar-refractivity contribution in [3.8, 4) is 0 Å². The van der Waals surface area contributed by atoms with Gasteiger partial charge in [-0.1, -0.05) is 37.3 Å². The zero-order valence-corrected chi connectivity index (χ0v) is 14.0. The molecule has 0 fully saturated rings. The number of benzene rings is 1. The molecule has 24 heavy (non-hydrogen) atoms. The van der Waals surface area contributed by atoms with Gasteiger partial charge in [-0.2, -0.15) is 5.10 Å². The fourth-order valence-corrected chi connectivity index (χ4v) is 3.20. The number of hydrogen-bond donors (Lipinski definition) is 2. The number of H-pyrrole nitrogens is 1. The molecule has 0 saturated carbocycles. The molecule has 0 bridgehead atoms. The standard InChI is InChI=1S/C18H17N3O2S/c1-2-12-5-7-13(8-6-12)17(15-4-3-11-24-15)19-18(23)14-9-10-16(22)21-20-14/h3-11,17H,2H2,1H3,(H,19,23)(H,21,22)/t17-/m1/s1. The van der Waals surface area contributed by atoms with Crippen LogP contribution in [-0.4, -0.2) is 16.1 Å². The molecule has 3 aromatic rings. The summed E-state index contributed by atoms with van der Waals surface area (Å²) < 4.78 is 0. The maximum absolute atomic E-state index is 12.5. The molecule has 0 unspecified atom stereocenters. The third-order valence-electron chi connectivity index (χ3n) is 3.74. The summed E-state index contributed by atoms with van der Waals surface area (Å²) in [7, 11) is 0. The van der Waals surface area contributed by atoms with Crippen molar-refractivity contribution in [2.24, 2.45) is 0 Å². The summed E-state index contributed by atoms with van der Waals surface area (Å²) in [5, 5.41) is 11.0. The lowest BCUT2D eigenvalue weighted by Crippen LogP contribution is -2.30. The van der Waals surface area contributed by atoms with Crippen LogP contribution in [0.1, 0.15) is 39.5 Å². The molecule has 5 nitrogen and oxygen atoms in total. The Bertz CT molecular complexity index is 850. The fourth-order valence-electron chi connectivity index (χ4n) is 2.40. The highest BCUT2D eigenvalue weighted by Gasteiger charge is 2.19. The molecule has 2 aromatic heterocycles.